The molecule has 0 unspecified atom stereocenters. The summed E-state index contributed by atoms with van der Waals surface area (Å²) in [6.45, 7) is 0.306. The van der Waals surface area contributed by atoms with Gasteiger partial charge in [0.25, 0.3) is 0 Å². The predicted molar refractivity (Wildman–Crippen MR) is 51.3 cm³/mol. The minimum absolute atomic E-state index is 0.216. The lowest BCUT2D eigenvalue weighted by Crippen LogP contribution is -1.98. The Morgan fingerprint density at radius 2 is 2.15 bits per heavy atom. The molecule has 1 heterocycles. The molecule has 0 amide bonds. The Bertz CT molecular complexity index is 440. The van der Waals surface area contributed by atoms with Gasteiger partial charge in [-0.15, -0.1) is 0 Å². The van der Waals surface area contributed by atoms with Crippen molar-refractivity contribution in [3.05, 3.63) is 36.0 Å². The Morgan fingerprint density at radius 1 is 1.31 bits per heavy atom. The van der Waals surface area contributed by atoms with Crippen LogP contribution in [0, 0.1) is 0 Å². The SMILES string of the molecule is NCc1c(O)ccc2cccnc12. The van der Waals surface area contributed by atoms with Gasteiger partial charge in [0, 0.05) is 23.7 Å². The quantitative estimate of drug-likeness (QED) is 0.687. The maximum absolute atomic E-state index is 9.49. The number of aromatic hydroxyl groups is 1. The zero-order valence-corrected chi connectivity index (χ0v) is 7.07. The lowest BCUT2D eigenvalue weighted by atomic mass is 10.1. The standard InChI is InChI=1S/C10H10N2O/c11-6-8-9(13)4-3-7-2-1-5-12-10(7)8/h1-5,13H,6,11H2. The van der Waals surface area contributed by atoms with Crippen molar-refractivity contribution in [2.24, 2.45) is 5.73 Å². The molecule has 3 heteroatoms. The smallest absolute Gasteiger partial charge is 0.122 e. The summed E-state index contributed by atoms with van der Waals surface area (Å²) in [5.74, 6) is 0.216. The van der Waals surface area contributed by atoms with Gasteiger partial charge in [0.1, 0.15) is 5.75 Å². The second-order valence-electron chi connectivity index (χ2n) is 2.84. The maximum Gasteiger partial charge on any atom is 0.122 e. The van der Waals surface area contributed by atoms with Gasteiger partial charge in [-0.1, -0.05) is 6.07 Å². The molecule has 0 aliphatic rings. The van der Waals surface area contributed by atoms with Crippen LogP contribution in [0.2, 0.25) is 0 Å². The van der Waals surface area contributed by atoms with E-state index in [-0.39, 0.29) is 5.75 Å². The van der Waals surface area contributed by atoms with Crippen LogP contribution in [-0.4, -0.2) is 10.1 Å². The lowest BCUT2D eigenvalue weighted by molar-refractivity contribution is 0.469. The summed E-state index contributed by atoms with van der Waals surface area (Å²) < 4.78 is 0. The number of aromatic nitrogens is 1. The highest BCUT2D eigenvalue weighted by molar-refractivity contribution is 5.83. The van der Waals surface area contributed by atoms with Crippen molar-refractivity contribution < 1.29 is 5.11 Å². The van der Waals surface area contributed by atoms with Crippen LogP contribution in [0.3, 0.4) is 0 Å². The fraction of sp³-hybridized carbons (Fsp3) is 0.100. The molecule has 2 aromatic rings. The number of fused-ring (bicyclic) bond motifs is 1. The fourth-order valence-corrected chi connectivity index (χ4v) is 1.40. The molecule has 1 aromatic heterocycles. The van der Waals surface area contributed by atoms with Crippen molar-refractivity contribution in [1.82, 2.24) is 4.98 Å². The fourth-order valence-electron chi connectivity index (χ4n) is 1.40. The molecule has 0 fully saturated rings. The molecule has 0 aliphatic carbocycles. The molecule has 0 aliphatic heterocycles. The largest absolute Gasteiger partial charge is 0.508 e. The van der Waals surface area contributed by atoms with E-state index in [1.54, 1.807) is 12.3 Å². The summed E-state index contributed by atoms with van der Waals surface area (Å²) in [5.41, 5.74) is 7.01. The number of benzene rings is 1. The molecule has 0 saturated carbocycles. The molecule has 1 aromatic carbocycles. The molecule has 3 N–H and O–H groups in total. The summed E-state index contributed by atoms with van der Waals surface area (Å²) in [6, 6.07) is 7.28. The number of pyridine rings is 1. The van der Waals surface area contributed by atoms with Gasteiger partial charge in [-0.2, -0.15) is 0 Å². The Labute approximate surface area is 75.8 Å². The van der Waals surface area contributed by atoms with Crippen LogP contribution < -0.4 is 5.73 Å². The highest BCUT2D eigenvalue weighted by Crippen LogP contribution is 2.24. The predicted octanol–water partition coefficient (Wildman–Crippen LogP) is 1.40. The molecular formula is C10H10N2O. The van der Waals surface area contributed by atoms with Crippen molar-refractivity contribution in [3.63, 3.8) is 0 Å². The molecule has 0 radical (unpaired) electrons. The van der Waals surface area contributed by atoms with E-state index in [1.165, 1.54) is 0 Å². The highest BCUT2D eigenvalue weighted by Gasteiger charge is 2.04. The third kappa shape index (κ3) is 1.23. The van der Waals surface area contributed by atoms with Gasteiger partial charge in [0.05, 0.1) is 5.52 Å². The first-order valence-corrected chi connectivity index (χ1v) is 4.08. The molecule has 0 saturated heterocycles. The van der Waals surface area contributed by atoms with Gasteiger partial charge in [0.15, 0.2) is 0 Å². The molecule has 66 valence electrons. The normalized spacial score (nSPS) is 10.5. The summed E-state index contributed by atoms with van der Waals surface area (Å²) in [4.78, 5) is 4.17. The van der Waals surface area contributed by atoms with Crippen LogP contribution in [0.4, 0.5) is 0 Å². The summed E-state index contributed by atoms with van der Waals surface area (Å²) >= 11 is 0. The van der Waals surface area contributed by atoms with Gasteiger partial charge < -0.3 is 10.8 Å². The molecule has 0 atom stereocenters. The number of hydrogen-bond acceptors (Lipinski definition) is 3. The van der Waals surface area contributed by atoms with Crippen LogP contribution >= 0.6 is 0 Å². The molecule has 0 bridgehead atoms. The van der Waals surface area contributed by atoms with E-state index in [4.69, 9.17) is 5.73 Å². The van der Waals surface area contributed by atoms with Crippen LogP contribution in [-0.2, 0) is 6.54 Å². The van der Waals surface area contributed by atoms with E-state index in [1.807, 2.05) is 18.2 Å². The first-order chi connectivity index (χ1) is 6.33. The zero-order chi connectivity index (χ0) is 9.26. The van der Waals surface area contributed by atoms with E-state index in [9.17, 15) is 5.11 Å². The molecule has 0 spiro atoms. The minimum Gasteiger partial charge on any atom is -0.508 e. The van der Waals surface area contributed by atoms with Crippen molar-refractivity contribution in [2.45, 2.75) is 6.54 Å². The van der Waals surface area contributed by atoms with Gasteiger partial charge in [0.2, 0.25) is 0 Å². The highest BCUT2D eigenvalue weighted by atomic mass is 16.3. The molecule has 2 rings (SSSR count). The Kier molecular flexibility index (Phi) is 1.87. The number of hydrogen-bond donors (Lipinski definition) is 2. The third-order valence-corrected chi connectivity index (χ3v) is 2.06. The molecular weight excluding hydrogens is 164 g/mol. The van der Waals surface area contributed by atoms with Crippen LogP contribution in [0.5, 0.6) is 5.75 Å². The second-order valence-corrected chi connectivity index (χ2v) is 2.84. The summed E-state index contributed by atoms with van der Waals surface area (Å²) in [6.07, 6.45) is 1.70. The number of nitrogens with zero attached hydrogens (tertiary/aromatic N) is 1. The van der Waals surface area contributed by atoms with E-state index < -0.39 is 0 Å². The Morgan fingerprint density at radius 3 is 2.92 bits per heavy atom. The summed E-state index contributed by atoms with van der Waals surface area (Å²) in [5, 5.41) is 10.5. The van der Waals surface area contributed by atoms with Crippen LogP contribution in [0.25, 0.3) is 10.9 Å². The monoisotopic (exact) mass is 174 g/mol. The Balaban J connectivity index is 2.84. The van der Waals surface area contributed by atoms with Crippen molar-refractivity contribution >= 4 is 10.9 Å². The first-order valence-electron chi connectivity index (χ1n) is 4.08. The number of phenolic OH excluding ortho intramolecular Hbond substituents is 1. The van der Waals surface area contributed by atoms with E-state index >= 15 is 0 Å². The van der Waals surface area contributed by atoms with Gasteiger partial charge >= 0.3 is 0 Å². The van der Waals surface area contributed by atoms with Crippen molar-refractivity contribution in [2.75, 3.05) is 0 Å². The van der Waals surface area contributed by atoms with E-state index in [2.05, 4.69) is 4.98 Å². The van der Waals surface area contributed by atoms with Crippen LogP contribution in [0.15, 0.2) is 30.5 Å². The van der Waals surface area contributed by atoms with Crippen LogP contribution in [0.1, 0.15) is 5.56 Å². The van der Waals surface area contributed by atoms with E-state index in [0.717, 1.165) is 10.9 Å². The van der Waals surface area contributed by atoms with Crippen molar-refractivity contribution in [1.29, 1.82) is 0 Å². The molecule has 13 heavy (non-hydrogen) atoms. The maximum atomic E-state index is 9.49. The number of nitrogens with two attached hydrogens (primary N) is 1. The number of phenols is 1. The lowest BCUT2D eigenvalue weighted by Gasteiger charge is -2.04. The second kappa shape index (κ2) is 3.03. The zero-order valence-electron chi connectivity index (χ0n) is 7.07. The topological polar surface area (TPSA) is 59.1 Å². The molecule has 3 nitrogen and oxygen atoms in total. The minimum atomic E-state index is 0.216. The summed E-state index contributed by atoms with van der Waals surface area (Å²) in [7, 11) is 0. The van der Waals surface area contributed by atoms with Crippen molar-refractivity contribution in [3.8, 4) is 5.75 Å². The van der Waals surface area contributed by atoms with Gasteiger partial charge in [-0.05, 0) is 18.2 Å². The first kappa shape index (κ1) is 8.01. The number of rotatable bonds is 1. The average Bonchev–Trinajstić information content (AvgIpc) is 2.18. The van der Waals surface area contributed by atoms with Gasteiger partial charge in [-0.25, -0.2) is 0 Å². The van der Waals surface area contributed by atoms with Gasteiger partial charge in [-0.3, -0.25) is 4.98 Å². The Hall–Kier alpha value is -1.61. The average molecular weight is 174 g/mol. The third-order valence-electron chi connectivity index (χ3n) is 2.06. The van der Waals surface area contributed by atoms with E-state index in [0.29, 0.717) is 12.1 Å².